The van der Waals surface area contributed by atoms with E-state index in [0.717, 1.165) is 11.6 Å². The summed E-state index contributed by atoms with van der Waals surface area (Å²) in [5.74, 6) is -1.20. The molecule has 1 aromatic carbocycles. The van der Waals surface area contributed by atoms with E-state index in [1.807, 2.05) is 0 Å². The Morgan fingerprint density at radius 3 is 2.61 bits per heavy atom. The van der Waals surface area contributed by atoms with Crippen molar-refractivity contribution >= 4 is 29.2 Å². The average molecular weight is 341 g/mol. The monoisotopic (exact) mass is 340 g/mol. The molecule has 0 radical (unpaired) electrons. The molecule has 0 aliphatic carbocycles. The van der Waals surface area contributed by atoms with Crippen molar-refractivity contribution in [2.45, 2.75) is 13.8 Å². The van der Waals surface area contributed by atoms with Crippen LogP contribution in [0.3, 0.4) is 0 Å². The highest BCUT2D eigenvalue weighted by molar-refractivity contribution is 6.32. The van der Waals surface area contributed by atoms with Gasteiger partial charge < -0.3 is 9.64 Å². The fourth-order valence-electron chi connectivity index (χ4n) is 1.78. The summed E-state index contributed by atoms with van der Waals surface area (Å²) in [4.78, 5) is 35.4. The van der Waals surface area contributed by atoms with Crippen LogP contribution in [0, 0.1) is 10.1 Å². The molecule has 0 fully saturated rings. The summed E-state index contributed by atoms with van der Waals surface area (Å²) in [5, 5.41) is 10.7. The molecule has 23 heavy (non-hydrogen) atoms. The lowest BCUT2D eigenvalue weighted by Crippen LogP contribution is -2.35. The lowest BCUT2D eigenvalue weighted by atomic mass is 10.2. The number of hydrogen-bond acceptors (Lipinski definition) is 5. The molecule has 0 aromatic heterocycles. The minimum Gasteiger partial charge on any atom is -0.452 e. The van der Waals surface area contributed by atoms with Crippen molar-refractivity contribution in [3.8, 4) is 0 Å². The van der Waals surface area contributed by atoms with Gasteiger partial charge in [-0.05, 0) is 26.0 Å². The Bertz CT molecular complexity index is 645. The van der Waals surface area contributed by atoms with E-state index in [1.54, 1.807) is 13.8 Å². The zero-order valence-corrected chi connectivity index (χ0v) is 13.6. The van der Waals surface area contributed by atoms with Crippen LogP contribution < -0.4 is 0 Å². The van der Waals surface area contributed by atoms with Gasteiger partial charge in [0.25, 0.3) is 11.6 Å². The fraction of sp³-hybridized carbons (Fsp3) is 0.333. The summed E-state index contributed by atoms with van der Waals surface area (Å²) in [7, 11) is 0. The first-order chi connectivity index (χ1) is 10.8. The van der Waals surface area contributed by atoms with Crippen molar-refractivity contribution in [1.82, 2.24) is 4.90 Å². The number of nitro groups is 1. The lowest BCUT2D eigenvalue weighted by molar-refractivity contribution is -0.384. The zero-order chi connectivity index (χ0) is 17.6. The number of likely N-dealkylation sites (N-methyl/N-ethyl adjacent to an activating group) is 1. The SMILES string of the molecule is C=C(C)CN(CC)C(=O)COC(=O)c1ccc(Cl)c([N+](=O)[O-])c1. The molecule has 0 atom stereocenters. The first-order valence-electron chi connectivity index (χ1n) is 6.79. The zero-order valence-electron chi connectivity index (χ0n) is 12.9. The van der Waals surface area contributed by atoms with E-state index in [2.05, 4.69) is 6.58 Å². The van der Waals surface area contributed by atoms with Crippen molar-refractivity contribution in [2.75, 3.05) is 19.7 Å². The smallest absolute Gasteiger partial charge is 0.338 e. The Morgan fingerprint density at radius 1 is 1.43 bits per heavy atom. The lowest BCUT2D eigenvalue weighted by Gasteiger charge is -2.20. The van der Waals surface area contributed by atoms with Crippen LogP contribution in [0.15, 0.2) is 30.4 Å². The van der Waals surface area contributed by atoms with Crippen LogP contribution in [-0.2, 0) is 9.53 Å². The molecule has 1 rings (SSSR count). The largest absolute Gasteiger partial charge is 0.452 e. The van der Waals surface area contributed by atoms with Crippen molar-refractivity contribution < 1.29 is 19.2 Å². The Balaban J connectivity index is 2.73. The molecular weight excluding hydrogens is 324 g/mol. The number of esters is 1. The van der Waals surface area contributed by atoms with Crippen LogP contribution in [0.5, 0.6) is 0 Å². The molecule has 0 heterocycles. The number of halogens is 1. The number of benzene rings is 1. The van der Waals surface area contributed by atoms with Gasteiger partial charge in [-0.15, -0.1) is 0 Å². The molecule has 0 N–H and O–H groups in total. The van der Waals surface area contributed by atoms with Crippen LogP contribution in [0.4, 0.5) is 5.69 Å². The van der Waals surface area contributed by atoms with E-state index in [4.69, 9.17) is 16.3 Å². The number of hydrogen-bond donors (Lipinski definition) is 0. The molecule has 0 aliphatic heterocycles. The van der Waals surface area contributed by atoms with Crippen LogP contribution in [0.25, 0.3) is 0 Å². The van der Waals surface area contributed by atoms with Crippen molar-refractivity contribution in [1.29, 1.82) is 0 Å². The maximum Gasteiger partial charge on any atom is 0.338 e. The Kier molecular flexibility index (Phi) is 6.71. The van der Waals surface area contributed by atoms with Gasteiger partial charge in [0.05, 0.1) is 10.5 Å². The topological polar surface area (TPSA) is 89.8 Å². The predicted molar refractivity (Wildman–Crippen MR) is 85.5 cm³/mol. The molecule has 124 valence electrons. The minimum atomic E-state index is -0.829. The number of rotatable bonds is 7. The highest BCUT2D eigenvalue weighted by Gasteiger charge is 2.19. The number of carbonyl (C=O) groups excluding carboxylic acids is 2. The normalized spacial score (nSPS) is 10.0. The highest BCUT2D eigenvalue weighted by Crippen LogP contribution is 2.25. The van der Waals surface area contributed by atoms with E-state index in [1.165, 1.54) is 17.0 Å². The molecule has 8 heteroatoms. The van der Waals surface area contributed by atoms with Gasteiger partial charge in [-0.3, -0.25) is 14.9 Å². The van der Waals surface area contributed by atoms with Crippen molar-refractivity contribution in [3.63, 3.8) is 0 Å². The first kappa shape index (κ1) is 18.6. The number of nitrogens with zero attached hydrogens (tertiary/aromatic N) is 2. The molecule has 0 saturated carbocycles. The standard InChI is InChI=1S/C15H17ClN2O5/c1-4-17(8-10(2)3)14(19)9-23-15(20)11-5-6-12(16)13(7-11)18(21)22/h5-7H,2,4,8-9H2,1,3H3. The van der Waals surface area contributed by atoms with Gasteiger partial charge in [0.2, 0.25) is 0 Å². The van der Waals surface area contributed by atoms with Crippen LogP contribution in [0.2, 0.25) is 5.02 Å². The molecule has 1 aromatic rings. The van der Waals surface area contributed by atoms with E-state index in [9.17, 15) is 19.7 Å². The third-order valence-corrected chi connectivity index (χ3v) is 3.22. The van der Waals surface area contributed by atoms with Gasteiger partial charge >= 0.3 is 5.97 Å². The molecule has 7 nitrogen and oxygen atoms in total. The second kappa shape index (κ2) is 8.28. The fourth-order valence-corrected chi connectivity index (χ4v) is 1.97. The molecule has 0 aliphatic rings. The van der Waals surface area contributed by atoms with E-state index in [-0.39, 0.29) is 16.5 Å². The van der Waals surface area contributed by atoms with E-state index in [0.29, 0.717) is 13.1 Å². The molecule has 0 saturated heterocycles. The van der Waals surface area contributed by atoms with Gasteiger partial charge in [-0.2, -0.15) is 0 Å². The number of amides is 1. The van der Waals surface area contributed by atoms with E-state index >= 15 is 0 Å². The van der Waals surface area contributed by atoms with Crippen molar-refractivity contribution in [2.24, 2.45) is 0 Å². The molecule has 0 unspecified atom stereocenters. The molecule has 0 bridgehead atoms. The average Bonchev–Trinajstić information content (AvgIpc) is 2.49. The van der Waals surface area contributed by atoms with Gasteiger partial charge in [-0.25, -0.2) is 4.79 Å². The molecule has 1 amide bonds. The summed E-state index contributed by atoms with van der Waals surface area (Å²) in [6.45, 7) is 7.69. The van der Waals surface area contributed by atoms with E-state index < -0.39 is 23.2 Å². The third-order valence-electron chi connectivity index (χ3n) is 2.90. The van der Waals surface area contributed by atoms with Crippen LogP contribution in [0.1, 0.15) is 24.2 Å². The van der Waals surface area contributed by atoms with Gasteiger partial charge in [0.1, 0.15) is 5.02 Å². The van der Waals surface area contributed by atoms with Crippen LogP contribution >= 0.6 is 11.6 Å². The van der Waals surface area contributed by atoms with Crippen molar-refractivity contribution in [3.05, 3.63) is 51.1 Å². The molecule has 0 spiro atoms. The minimum absolute atomic E-state index is 0.0446. The summed E-state index contributed by atoms with van der Waals surface area (Å²) in [6, 6.07) is 3.55. The Morgan fingerprint density at radius 2 is 2.09 bits per heavy atom. The van der Waals surface area contributed by atoms with Gasteiger partial charge in [-0.1, -0.05) is 23.8 Å². The second-order valence-corrected chi connectivity index (χ2v) is 5.27. The predicted octanol–water partition coefficient (Wildman–Crippen LogP) is 2.83. The summed E-state index contributed by atoms with van der Waals surface area (Å²) < 4.78 is 4.90. The first-order valence-corrected chi connectivity index (χ1v) is 7.17. The van der Waals surface area contributed by atoms with Gasteiger partial charge in [0.15, 0.2) is 6.61 Å². The molecular formula is C15H17ClN2O5. The number of ether oxygens (including phenoxy) is 1. The summed E-state index contributed by atoms with van der Waals surface area (Å²) in [6.07, 6.45) is 0. The Labute approximate surface area is 138 Å². The third kappa shape index (κ3) is 5.37. The number of carbonyl (C=O) groups is 2. The summed E-state index contributed by atoms with van der Waals surface area (Å²) >= 11 is 5.67. The Hall–Kier alpha value is -2.41. The van der Waals surface area contributed by atoms with Gasteiger partial charge in [0, 0.05) is 19.2 Å². The number of nitro benzene ring substituents is 1. The maximum absolute atomic E-state index is 12.0. The van der Waals surface area contributed by atoms with Crippen LogP contribution in [-0.4, -0.2) is 41.4 Å². The quantitative estimate of drug-likeness (QED) is 0.329. The summed E-state index contributed by atoms with van der Waals surface area (Å²) in [5.41, 5.74) is 0.363. The highest BCUT2D eigenvalue weighted by atomic mass is 35.5. The second-order valence-electron chi connectivity index (χ2n) is 4.86. The maximum atomic E-state index is 12.0.